The van der Waals surface area contributed by atoms with Crippen molar-refractivity contribution < 1.29 is 13.2 Å². The Morgan fingerprint density at radius 3 is 2.27 bits per heavy atom. The maximum Gasteiger partial charge on any atom is 0.425 e. The molecule has 0 aliphatic carbocycles. The molecular weight excluding hydrogens is 181 g/mol. The van der Waals surface area contributed by atoms with Gasteiger partial charge in [-0.15, -0.1) is 0 Å². The van der Waals surface area contributed by atoms with Crippen LogP contribution in [0.15, 0.2) is 0 Å². The van der Waals surface area contributed by atoms with Crippen LogP contribution in [-0.4, -0.2) is 22.5 Å². The zero-order valence-electron chi connectivity index (χ0n) is 5.14. The topological polar surface area (TPSA) is 53.3 Å². The second-order valence-electron chi connectivity index (χ2n) is 1.93. The number of nitrogens with two attached hydrogens (primary N) is 1. The molecule has 8 heteroatoms. The highest BCUT2D eigenvalue weighted by atomic mass is 32.1. The number of rotatable bonds is 0. The van der Waals surface area contributed by atoms with Crippen LogP contribution in [0.1, 0.15) is 0 Å². The molecule has 0 radical (unpaired) electrons. The first kappa shape index (κ1) is 8.50. The van der Waals surface area contributed by atoms with Gasteiger partial charge in [0.15, 0.2) is 5.11 Å². The Morgan fingerprint density at radius 2 is 2.09 bits per heavy atom. The summed E-state index contributed by atoms with van der Waals surface area (Å²) in [5.41, 5.74) is 3.97. The van der Waals surface area contributed by atoms with E-state index in [0.29, 0.717) is 5.01 Å². The van der Waals surface area contributed by atoms with Crippen LogP contribution in [0.2, 0.25) is 0 Å². The van der Waals surface area contributed by atoms with Crippen LogP contribution < -0.4 is 16.7 Å². The maximum atomic E-state index is 11.9. The number of nitrogens with one attached hydrogen (secondary N) is 2. The largest absolute Gasteiger partial charge is 0.425 e. The van der Waals surface area contributed by atoms with Crippen LogP contribution in [0.25, 0.3) is 0 Å². The lowest BCUT2D eigenvalue weighted by molar-refractivity contribution is -0.177. The Labute approximate surface area is 65.5 Å². The number of thiocarbonyl (C=S) groups is 1. The maximum absolute atomic E-state index is 11.9. The molecule has 0 amide bonds. The summed E-state index contributed by atoms with van der Waals surface area (Å²) in [6, 6.07) is 0. The van der Waals surface area contributed by atoms with Gasteiger partial charge in [-0.2, -0.15) is 13.2 Å². The van der Waals surface area contributed by atoms with Gasteiger partial charge in [-0.25, -0.2) is 11.3 Å². The average molecular weight is 186 g/mol. The lowest BCUT2D eigenvalue weighted by atomic mass is 10.5. The van der Waals surface area contributed by atoms with E-state index >= 15 is 0 Å². The second-order valence-corrected chi connectivity index (χ2v) is 2.31. The molecule has 0 aromatic rings. The highest BCUT2D eigenvalue weighted by Gasteiger charge is 2.47. The van der Waals surface area contributed by atoms with Crippen molar-refractivity contribution in [2.75, 3.05) is 0 Å². The summed E-state index contributed by atoms with van der Waals surface area (Å²) in [6.45, 7) is 0. The Kier molecular flexibility index (Phi) is 1.90. The number of hydrogen-bond donors (Lipinski definition) is 3. The van der Waals surface area contributed by atoms with E-state index in [-0.39, 0.29) is 5.11 Å². The van der Waals surface area contributed by atoms with Gasteiger partial charge in [0, 0.05) is 0 Å². The number of hydrazine groups is 2. The van der Waals surface area contributed by atoms with Crippen LogP contribution in [0.5, 0.6) is 0 Å². The van der Waals surface area contributed by atoms with Crippen molar-refractivity contribution in [2.24, 2.45) is 5.84 Å². The predicted molar refractivity (Wildman–Crippen MR) is 34.7 cm³/mol. The third-order valence-electron chi connectivity index (χ3n) is 1.14. The van der Waals surface area contributed by atoms with Crippen LogP contribution in [0.4, 0.5) is 13.2 Å². The van der Waals surface area contributed by atoms with E-state index < -0.39 is 12.3 Å². The lowest BCUT2D eigenvalue weighted by Gasteiger charge is -2.20. The van der Waals surface area contributed by atoms with Crippen LogP contribution in [0, 0.1) is 0 Å². The molecule has 1 heterocycles. The number of halogens is 3. The lowest BCUT2D eigenvalue weighted by Crippen LogP contribution is -2.51. The fourth-order valence-electron chi connectivity index (χ4n) is 0.621. The molecule has 1 aliphatic rings. The van der Waals surface area contributed by atoms with Crippen molar-refractivity contribution >= 4 is 17.3 Å². The van der Waals surface area contributed by atoms with Crippen LogP contribution >= 0.6 is 12.2 Å². The zero-order chi connectivity index (χ0) is 8.65. The van der Waals surface area contributed by atoms with Crippen LogP contribution in [0.3, 0.4) is 0 Å². The van der Waals surface area contributed by atoms with Crippen molar-refractivity contribution in [3.63, 3.8) is 0 Å². The molecule has 0 saturated carbocycles. The van der Waals surface area contributed by atoms with Gasteiger partial charge in [-0.1, -0.05) is 0 Å². The zero-order valence-corrected chi connectivity index (χ0v) is 5.96. The molecule has 0 aromatic carbocycles. The Morgan fingerprint density at radius 1 is 1.55 bits per heavy atom. The van der Waals surface area contributed by atoms with Gasteiger partial charge >= 0.3 is 6.18 Å². The summed E-state index contributed by atoms with van der Waals surface area (Å²) in [5, 5.41) is 0.238. The summed E-state index contributed by atoms with van der Waals surface area (Å²) in [6.07, 6.45) is -6.36. The van der Waals surface area contributed by atoms with Crippen molar-refractivity contribution in [1.29, 1.82) is 0 Å². The van der Waals surface area contributed by atoms with Gasteiger partial charge in [0.25, 0.3) is 0 Å². The molecule has 64 valence electrons. The molecule has 1 rings (SSSR count). The average Bonchev–Trinajstić information content (AvgIpc) is 2.11. The molecule has 0 bridgehead atoms. The minimum Gasteiger partial charge on any atom is -0.295 e. The number of hydrogen-bond acceptors (Lipinski definition) is 3. The standard InChI is InChI=1S/C3H5F3N4S/c4-3(5,6)1-8-9-2(11)10(1)7/h1,8H,7H2,(H,9,11). The summed E-state index contributed by atoms with van der Waals surface area (Å²) in [4.78, 5) is 0. The first-order chi connectivity index (χ1) is 4.93. The van der Waals surface area contributed by atoms with Crippen molar-refractivity contribution in [3.05, 3.63) is 0 Å². The quantitative estimate of drug-likeness (QED) is 0.350. The molecule has 0 spiro atoms. The van der Waals surface area contributed by atoms with E-state index in [0.717, 1.165) is 0 Å². The van der Waals surface area contributed by atoms with Gasteiger partial charge < -0.3 is 0 Å². The molecule has 1 saturated heterocycles. The van der Waals surface area contributed by atoms with E-state index in [1.54, 1.807) is 0 Å². The van der Waals surface area contributed by atoms with Gasteiger partial charge in [0.1, 0.15) is 0 Å². The minimum atomic E-state index is -4.43. The van der Waals surface area contributed by atoms with E-state index in [1.807, 2.05) is 5.43 Å². The van der Waals surface area contributed by atoms with Gasteiger partial charge in [-0.05, 0) is 12.2 Å². The molecule has 11 heavy (non-hydrogen) atoms. The molecule has 1 aliphatic heterocycles. The molecule has 1 unspecified atom stereocenters. The van der Waals surface area contributed by atoms with Gasteiger partial charge in [0.05, 0.1) is 0 Å². The fraction of sp³-hybridized carbons (Fsp3) is 0.667. The smallest absolute Gasteiger partial charge is 0.295 e. The van der Waals surface area contributed by atoms with E-state index in [1.165, 1.54) is 0 Å². The predicted octanol–water partition coefficient (Wildman–Crippen LogP) is -0.557. The molecule has 1 atom stereocenters. The van der Waals surface area contributed by atoms with Crippen molar-refractivity contribution in [3.8, 4) is 0 Å². The van der Waals surface area contributed by atoms with E-state index in [4.69, 9.17) is 5.84 Å². The second kappa shape index (κ2) is 2.47. The molecule has 1 fully saturated rings. The molecule has 4 nitrogen and oxygen atoms in total. The Bertz CT molecular complexity index is 180. The van der Waals surface area contributed by atoms with Crippen molar-refractivity contribution in [2.45, 2.75) is 12.3 Å². The Hall–Kier alpha value is -0.600. The summed E-state index contributed by atoms with van der Waals surface area (Å²) in [7, 11) is 0. The first-order valence-corrected chi connectivity index (χ1v) is 3.00. The van der Waals surface area contributed by atoms with E-state index in [9.17, 15) is 13.2 Å². The highest BCUT2D eigenvalue weighted by Crippen LogP contribution is 2.22. The van der Waals surface area contributed by atoms with Crippen molar-refractivity contribution in [1.82, 2.24) is 15.9 Å². The molecular formula is C3H5F3N4S. The summed E-state index contributed by atoms with van der Waals surface area (Å²) in [5.74, 6) is 4.96. The highest BCUT2D eigenvalue weighted by molar-refractivity contribution is 7.80. The number of nitrogens with zero attached hydrogens (tertiary/aromatic N) is 1. The summed E-state index contributed by atoms with van der Waals surface area (Å²) >= 11 is 4.41. The molecule has 4 N–H and O–H groups in total. The normalized spacial score (nSPS) is 25.6. The third kappa shape index (κ3) is 1.52. The van der Waals surface area contributed by atoms with E-state index in [2.05, 4.69) is 17.6 Å². The fourth-order valence-corrected chi connectivity index (χ4v) is 0.785. The van der Waals surface area contributed by atoms with Crippen LogP contribution in [-0.2, 0) is 0 Å². The van der Waals surface area contributed by atoms with Gasteiger partial charge in [-0.3, -0.25) is 10.4 Å². The third-order valence-corrected chi connectivity index (χ3v) is 1.45. The molecule has 0 aromatic heterocycles. The SMILES string of the molecule is NN1C(=S)NNC1C(F)(F)F. The summed E-state index contributed by atoms with van der Waals surface area (Å²) < 4.78 is 35.7. The minimum absolute atomic E-state index is 0.174. The van der Waals surface area contributed by atoms with Gasteiger partial charge in [0.2, 0.25) is 6.17 Å². The monoisotopic (exact) mass is 186 g/mol. The Balaban J connectivity index is 2.70. The first-order valence-electron chi connectivity index (χ1n) is 2.59. The number of alkyl halides is 3.